The van der Waals surface area contributed by atoms with Gasteiger partial charge in [0.05, 0.1) is 6.10 Å². The molecule has 1 aromatic heterocycles. The van der Waals surface area contributed by atoms with Crippen molar-refractivity contribution in [1.29, 1.82) is 0 Å². The summed E-state index contributed by atoms with van der Waals surface area (Å²) in [6, 6.07) is 3.76. The van der Waals surface area contributed by atoms with E-state index in [4.69, 9.17) is 4.74 Å². The van der Waals surface area contributed by atoms with Crippen LogP contribution in [0.4, 0.5) is 0 Å². The molecule has 1 aliphatic carbocycles. The van der Waals surface area contributed by atoms with E-state index in [1.165, 1.54) is 0 Å². The molecule has 0 saturated heterocycles. The van der Waals surface area contributed by atoms with Gasteiger partial charge in [0, 0.05) is 18.2 Å². The number of nitrogens with zero attached hydrogens (tertiary/aromatic N) is 1. The van der Waals surface area contributed by atoms with Crippen LogP contribution in [0, 0.1) is 5.41 Å². The molecule has 1 aliphatic heterocycles. The molecular weight excluding hydrogens is 226 g/mol. The Kier molecular flexibility index (Phi) is 2.63. The first-order chi connectivity index (χ1) is 8.50. The van der Waals surface area contributed by atoms with E-state index in [2.05, 4.69) is 18.8 Å². The van der Waals surface area contributed by atoms with Crippen LogP contribution in [0.25, 0.3) is 0 Å². The van der Waals surface area contributed by atoms with Crippen molar-refractivity contribution < 1.29 is 9.84 Å². The van der Waals surface area contributed by atoms with E-state index in [1.807, 2.05) is 12.1 Å². The van der Waals surface area contributed by atoms with Gasteiger partial charge >= 0.3 is 0 Å². The maximum absolute atomic E-state index is 10.3. The fraction of sp³-hybridized carbons (Fsp3) is 0.667. The molecule has 1 N–H and O–H groups in total. The van der Waals surface area contributed by atoms with Crippen molar-refractivity contribution in [3.8, 4) is 5.88 Å². The molecular formula is C15H21NO2. The summed E-state index contributed by atoms with van der Waals surface area (Å²) in [7, 11) is 0. The van der Waals surface area contributed by atoms with Crippen LogP contribution in [-0.2, 0) is 0 Å². The van der Waals surface area contributed by atoms with Crippen LogP contribution in [0.2, 0.25) is 0 Å². The highest BCUT2D eigenvalue weighted by Crippen LogP contribution is 2.49. The van der Waals surface area contributed by atoms with Crippen LogP contribution in [0.15, 0.2) is 18.3 Å². The Bertz CT molecular complexity index is 446. The lowest BCUT2D eigenvalue weighted by Crippen LogP contribution is -2.45. The predicted octanol–water partition coefficient (Wildman–Crippen LogP) is 3.24. The van der Waals surface area contributed by atoms with Gasteiger partial charge in [0.15, 0.2) is 0 Å². The third kappa shape index (κ3) is 2.01. The van der Waals surface area contributed by atoms with E-state index in [0.717, 1.165) is 31.2 Å². The molecule has 1 saturated carbocycles. The molecule has 1 spiro atoms. The lowest BCUT2D eigenvalue weighted by Gasteiger charge is -2.46. The predicted molar refractivity (Wildman–Crippen MR) is 69.4 cm³/mol. The number of pyridine rings is 1. The Morgan fingerprint density at radius 1 is 1.28 bits per heavy atom. The lowest BCUT2D eigenvalue weighted by molar-refractivity contribution is -0.0608. The molecule has 0 bridgehead atoms. The molecule has 1 aromatic rings. The Labute approximate surface area is 108 Å². The molecule has 2 heterocycles. The zero-order chi connectivity index (χ0) is 12.8. The first-order valence-corrected chi connectivity index (χ1v) is 6.82. The van der Waals surface area contributed by atoms with Crippen LogP contribution in [0.5, 0.6) is 5.88 Å². The molecule has 3 rings (SSSR count). The Balaban J connectivity index is 1.86. The molecule has 0 amide bonds. The second kappa shape index (κ2) is 3.95. The maximum atomic E-state index is 10.3. The third-order valence-corrected chi connectivity index (χ3v) is 4.55. The average molecular weight is 247 g/mol. The van der Waals surface area contributed by atoms with Crippen LogP contribution in [0.1, 0.15) is 57.6 Å². The zero-order valence-electron chi connectivity index (χ0n) is 11.1. The summed E-state index contributed by atoms with van der Waals surface area (Å²) in [5.41, 5.74) is 1.06. The lowest BCUT2D eigenvalue weighted by atomic mass is 9.68. The zero-order valence-corrected chi connectivity index (χ0v) is 11.1. The highest BCUT2D eigenvalue weighted by molar-refractivity contribution is 5.31. The second-order valence-corrected chi connectivity index (χ2v) is 6.57. The highest BCUT2D eigenvalue weighted by atomic mass is 16.5. The second-order valence-electron chi connectivity index (χ2n) is 6.57. The smallest absolute Gasteiger partial charge is 0.219 e. The summed E-state index contributed by atoms with van der Waals surface area (Å²) in [6.45, 7) is 4.62. The first-order valence-electron chi connectivity index (χ1n) is 6.82. The van der Waals surface area contributed by atoms with E-state index in [-0.39, 0.29) is 5.60 Å². The summed E-state index contributed by atoms with van der Waals surface area (Å²) in [4.78, 5) is 4.27. The quantitative estimate of drug-likeness (QED) is 0.765. The minimum absolute atomic E-state index is 0.184. The number of aliphatic hydroxyl groups is 1. The largest absolute Gasteiger partial charge is 0.471 e. The van der Waals surface area contributed by atoms with Crippen LogP contribution in [-0.4, -0.2) is 15.7 Å². The van der Waals surface area contributed by atoms with Crippen molar-refractivity contribution in [1.82, 2.24) is 4.98 Å². The van der Waals surface area contributed by atoms with Crippen molar-refractivity contribution in [3.05, 3.63) is 23.9 Å². The summed E-state index contributed by atoms with van der Waals surface area (Å²) in [6.07, 6.45) is 6.37. The monoisotopic (exact) mass is 247 g/mol. The van der Waals surface area contributed by atoms with Gasteiger partial charge in [-0.25, -0.2) is 4.98 Å². The first kappa shape index (κ1) is 12.0. The topological polar surface area (TPSA) is 42.4 Å². The molecule has 3 nitrogen and oxygen atoms in total. The number of hydrogen-bond donors (Lipinski definition) is 1. The highest BCUT2D eigenvalue weighted by Gasteiger charge is 2.45. The number of aromatic nitrogens is 1. The normalized spacial score (nSPS) is 28.5. The van der Waals surface area contributed by atoms with Gasteiger partial charge in [0.25, 0.3) is 0 Å². The Morgan fingerprint density at radius 3 is 2.72 bits per heavy atom. The van der Waals surface area contributed by atoms with E-state index in [0.29, 0.717) is 17.7 Å². The average Bonchev–Trinajstić information content (AvgIpc) is 2.34. The van der Waals surface area contributed by atoms with Gasteiger partial charge in [0.1, 0.15) is 5.60 Å². The van der Waals surface area contributed by atoms with Crippen LogP contribution < -0.4 is 4.74 Å². The minimum atomic E-state index is -0.427. The number of rotatable bonds is 0. The number of aliphatic hydroxyl groups excluding tert-OH is 1. The van der Waals surface area contributed by atoms with Crippen molar-refractivity contribution in [2.75, 3.05) is 0 Å². The number of ether oxygens (including phenoxy) is 1. The van der Waals surface area contributed by atoms with Gasteiger partial charge in [0.2, 0.25) is 5.88 Å². The molecule has 1 atom stereocenters. The molecule has 18 heavy (non-hydrogen) atoms. The van der Waals surface area contributed by atoms with E-state index < -0.39 is 6.10 Å². The van der Waals surface area contributed by atoms with Gasteiger partial charge < -0.3 is 9.84 Å². The summed E-state index contributed by atoms with van der Waals surface area (Å²) in [5, 5.41) is 10.3. The standard InChI is InChI=1S/C15H21NO2/c1-14(2)5-7-15(8-6-14)10-12(17)11-4-3-9-16-13(11)18-15/h3-4,9,12,17H,5-8,10H2,1-2H3. The van der Waals surface area contributed by atoms with Gasteiger partial charge in [-0.1, -0.05) is 13.8 Å². The van der Waals surface area contributed by atoms with Crippen molar-refractivity contribution >= 4 is 0 Å². The van der Waals surface area contributed by atoms with Crippen LogP contribution >= 0.6 is 0 Å². The number of fused-ring (bicyclic) bond motifs is 1. The number of hydrogen-bond acceptors (Lipinski definition) is 3. The molecule has 98 valence electrons. The van der Waals surface area contributed by atoms with Crippen LogP contribution in [0.3, 0.4) is 0 Å². The van der Waals surface area contributed by atoms with Gasteiger partial charge in [-0.2, -0.15) is 0 Å². The van der Waals surface area contributed by atoms with Crippen molar-refractivity contribution in [3.63, 3.8) is 0 Å². The van der Waals surface area contributed by atoms with E-state index in [9.17, 15) is 5.11 Å². The van der Waals surface area contributed by atoms with Gasteiger partial charge in [-0.3, -0.25) is 0 Å². The van der Waals surface area contributed by atoms with Gasteiger partial charge in [-0.05, 0) is 43.2 Å². The molecule has 1 unspecified atom stereocenters. The van der Waals surface area contributed by atoms with E-state index in [1.54, 1.807) is 6.20 Å². The molecule has 1 fully saturated rings. The summed E-state index contributed by atoms with van der Waals surface area (Å²) < 4.78 is 6.15. The fourth-order valence-electron chi connectivity index (χ4n) is 3.14. The SMILES string of the molecule is CC1(C)CCC2(CC1)CC(O)c1cccnc1O2. The summed E-state index contributed by atoms with van der Waals surface area (Å²) >= 11 is 0. The molecule has 0 aromatic carbocycles. The van der Waals surface area contributed by atoms with E-state index >= 15 is 0 Å². The molecule has 2 aliphatic rings. The Morgan fingerprint density at radius 2 is 2.00 bits per heavy atom. The fourth-order valence-corrected chi connectivity index (χ4v) is 3.14. The van der Waals surface area contributed by atoms with Gasteiger partial charge in [-0.15, -0.1) is 0 Å². The molecule has 0 radical (unpaired) electrons. The van der Waals surface area contributed by atoms with Crippen molar-refractivity contribution in [2.24, 2.45) is 5.41 Å². The molecule has 3 heteroatoms. The summed E-state index contributed by atoms with van der Waals surface area (Å²) in [5.74, 6) is 0.635. The third-order valence-electron chi connectivity index (χ3n) is 4.55. The Hall–Kier alpha value is -1.09. The minimum Gasteiger partial charge on any atom is -0.471 e. The maximum Gasteiger partial charge on any atom is 0.219 e. The van der Waals surface area contributed by atoms with Crippen molar-refractivity contribution in [2.45, 2.75) is 57.7 Å².